The van der Waals surface area contributed by atoms with Gasteiger partial charge in [-0.2, -0.15) is 13.2 Å². The van der Waals surface area contributed by atoms with E-state index in [1.165, 1.54) is 4.90 Å². The average Bonchev–Trinajstić information content (AvgIpc) is 2.39. The molecule has 0 heterocycles. The smallest absolute Gasteiger partial charge is 0.390 e. The van der Waals surface area contributed by atoms with Crippen molar-refractivity contribution in [1.29, 1.82) is 0 Å². The van der Waals surface area contributed by atoms with Crippen molar-refractivity contribution < 1.29 is 23.4 Å². The Bertz CT molecular complexity index is 454. The van der Waals surface area contributed by atoms with E-state index >= 15 is 0 Å². The Balaban J connectivity index is 2.72. The Morgan fingerprint density at radius 1 is 1.33 bits per heavy atom. The molecule has 0 saturated heterocycles. The lowest BCUT2D eigenvalue weighted by Crippen LogP contribution is -2.36. The van der Waals surface area contributed by atoms with Crippen LogP contribution in [0.2, 0.25) is 5.02 Å². The van der Waals surface area contributed by atoms with Crippen molar-refractivity contribution in [2.45, 2.75) is 32.2 Å². The number of aliphatic hydroxyl groups is 2. The molecule has 1 atom stereocenters. The minimum Gasteiger partial charge on any atom is -0.394 e. The lowest BCUT2D eigenvalue weighted by Gasteiger charge is -2.25. The summed E-state index contributed by atoms with van der Waals surface area (Å²) in [6.45, 7) is 1.33. The fraction of sp³-hybridized carbons (Fsp3) is 0.571. The van der Waals surface area contributed by atoms with Gasteiger partial charge in [-0.1, -0.05) is 23.7 Å². The molecule has 0 amide bonds. The van der Waals surface area contributed by atoms with Crippen molar-refractivity contribution >= 4 is 11.6 Å². The third-order valence-corrected chi connectivity index (χ3v) is 3.44. The van der Waals surface area contributed by atoms with Gasteiger partial charge in [0.05, 0.1) is 19.1 Å². The van der Waals surface area contributed by atoms with Gasteiger partial charge in [-0.15, -0.1) is 0 Å². The summed E-state index contributed by atoms with van der Waals surface area (Å²) in [5.74, 6) is 0. The fourth-order valence-electron chi connectivity index (χ4n) is 1.94. The number of halogens is 4. The second kappa shape index (κ2) is 7.98. The van der Waals surface area contributed by atoms with E-state index in [0.29, 0.717) is 5.02 Å². The van der Waals surface area contributed by atoms with Crippen LogP contribution in [0, 0.1) is 6.92 Å². The molecular weight excluding hydrogens is 307 g/mol. The first kappa shape index (κ1) is 18.2. The Morgan fingerprint density at radius 3 is 2.52 bits per heavy atom. The first-order valence-electron chi connectivity index (χ1n) is 6.54. The number of hydrogen-bond donors (Lipinski definition) is 2. The van der Waals surface area contributed by atoms with Crippen LogP contribution in [-0.4, -0.2) is 47.1 Å². The van der Waals surface area contributed by atoms with E-state index in [2.05, 4.69) is 0 Å². The molecule has 0 saturated carbocycles. The van der Waals surface area contributed by atoms with Crippen LogP contribution < -0.4 is 0 Å². The highest BCUT2D eigenvalue weighted by atomic mass is 35.5. The van der Waals surface area contributed by atoms with Gasteiger partial charge in [-0.25, -0.2) is 0 Å². The molecule has 0 spiro atoms. The van der Waals surface area contributed by atoms with Gasteiger partial charge in [0.1, 0.15) is 0 Å². The topological polar surface area (TPSA) is 43.7 Å². The van der Waals surface area contributed by atoms with Gasteiger partial charge in [0, 0.05) is 24.7 Å². The molecule has 120 valence electrons. The number of alkyl halides is 3. The molecule has 0 aliphatic carbocycles. The van der Waals surface area contributed by atoms with Gasteiger partial charge in [0.2, 0.25) is 0 Å². The van der Waals surface area contributed by atoms with Gasteiger partial charge in [0.15, 0.2) is 0 Å². The van der Waals surface area contributed by atoms with Crippen LogP contribution in [0.5, 0.6) is 0 Å². The predicted molar refractivity (Wildman–Crippen MR) is 75.2 cm³/mol. The fourth-order valence-corrected chi connectivity index (χ4v) is 2.06. The number of hydrogen-bond acceptors (Lipinski definition) is 3. The Morgan fingerprint density at radius 2 is 2.00 bits per heavy atom. The molecule has 0 aliphatic heterocycles. The molecule has 0 bridgehead atoms. The second-order valence-electron chi connectivity index (χ2n) is 5.02. The quantitative estimate of drug-likeness (QED) is 0.810. The van der Waals surface area contributed by atoms with Gasteiger partial charge >= 0.3 is 6.18 Å². The Kier molecular flexibility index (Phi) is 6.93. The molecule has 3 nitrogen and oxygen atoms in total. The monoisotopic (exact) mass is 325 g/mol. The summed E-state index contributed by atoms with van der Waals surface area (Å²) in [7, 11) is 0. The van der Waals surface area contributed by atoms with E-state index in [9.17, 15) is 18.3 Å². The van der Waals surface area contributed by atoms with E-state index in [1.807, 2.05) is 6.92 Å². The van der Waals surface area contributed by atoms with E-state index in [-0.39, 0.29) is 19.6 Å². The van der Waals surface area contributed by atoms with Crippen molar-refractivity contribution in [2.24, 2.45) is 0 Å². The van der Waals surface area contributed by atoms with Crippen LogP contribution in [0.15, 0.2) is 18.2 Å². The summed E-state index contributed by atoms with van der Waals surface area (Å²) < 4.78 is 37.0. The van der Waals surface area contributed by atoms with Crippen molar-refractivity contribution in [3.63, 3.8) is 0 Å². The zero-order valence-corrected chi connectivity index (χ0v) is 12.5. The first-order chi connectivity index (χ1) is 9.71. The van der Waals surface area contributed by atoms with E-state index in [4.69, 9.17) is 16.7 Å². The molecule has 0 unspecified atom stereocenters. The summed E-state index contributed by atoms with van der Waals surface area (Å²) in [5, 5.41) is 18.9. The molecule has 0 radical (unpaired) electrons. The molecule has 7 heteroatoms. The number of rotatable bonds is 7. The molecular formula is C14H19ClF3NO2. The summed E-state index contributed by atoms with van der Waals surface area (Å²) in [5.41, 5.74) is 1.65. The van der Waals surface area contributed by atoms with Gasteiger partial charge in [-0.05, 0) is 24.1 Å². The standard InChI is InChI=1S/C14H19ClF3NO2/c1-10-6-11(2-3-13(10)15)7-19(8-12(21)9-20)5-4-14(16,17)18/h2-3,6,12,20-21H,4-5,7-9H2,1H3/t12-/m0/s1. The van der Waals surface area contributed by atoms with Crippen molar-refractivity contribution in [3.8, 4) is 0 Å². The minimum absolute atomic E-state index is 0.0196. The Labute approximate surface area is 126 Å². The van der Waals surface area contributed by atoms with E-state index in [0.717, 1.165) is 11.1 Å². The van der Waals surface area contributed by atoms with Crippen LogP contribution >= 0.6 is 11.6 Å². The highest BCUT2D eigenvalue weighted by Crippen LogP contribution is 2.21. The van der Waals surface area contributed by atoms with Gasteiger partial charge in [-0.3, -0.25) is 4.90 Å². The van der Waals surface area contributed by atoms with Crippen molar-refractivity contribution in [3.05, 3.63) is 34.3 Å². The summed E-state index contributed by atoms with van der Waals surface area (Å²) in [6, 6.07) is 5.23. The maximum atomic E-state index is 12.3. The number of aliphatic hydroxyl groups excluding tert-OH is 2. The largest absolute Gasteiger partial charge is 0.394 e. The van der Waals surface area contributed by atoms with Crippen LogP contribution in [0.4, 0.5) is 13.2 Å². The van der Waals surface area contributed by atoms with Crippen LogP contribution in [0.1, 0.15) is 17.5 Å². The highest BCUT2D eigenvalue weighted by molar-refractivity contribution is 6.31. The zero-order chi connectivity index (χ0) is 16.0. The predicted octanol–water partition coefficient (Wildman–Crippen LogP) is 2.76. The molecule has 1 aromatic rings. The van der Waals surface area contributed by atoms with Crippen LogP contribution in [-0.2, 0) is 6.54 Å². The lowest BCUT2D eigenvalue weighted by atomic mass is 10.1. The average molecular weight is 326 g/mol. The van der Waals surface area contributed by atoms with Gasteiger partial charge < -0.3 is 10.2 Å². The normalized spacial score (nSPS) is 13.7. The second-order valence-corrected chi connectivity index (χ2v) is 5.43. The SMILES string of the molecule is Cc1cc(CN(CCC(F)(F)F)C[C@H](O)CO)ccc1Cl. The molecule has 1 rings (SSSR count). The van der Waals surface area contributed by atoms with Gasteiger partial charge in [0.25, 0.3) is 0 Å². The number of aryl methyl sites for hydroxylation is 1. The third-order valence-electron chi connectivity index (χ3n) is 3.02. The zero-order valence-electron chi connectivity index (χ0n) is 11.7. The van der Waals surface area contributed by atoms with E-state index < -0.39 is 25.3 Å². The van der Waals surface area contributed by atoms with Crippen molar-refractivity contribution in [1.82, 2.24) is 4.90 Å². The maximum Gasteiger partial charge on any atom is 0.390 e. The van der Waals surface area contributed by atoms with E-state index in [1.54, 1.807) is 18.2 Å². The molecule has 2 N–H and O–H groups in total. The highest BCUT2D eigenvalue weighted by Gasteiger charge is 2.28. The number of nitrogens with zero attached hydrogens (tertiary/aromatic N) is 1. The molecule has 0 aromatic heterocycles. The summed E-state index contributed by atoms with van der Waals surface area (Å²) in [4.78, 5) is 1.47. The number of benzene rings is 1. The van der Waals surface area contributed by atoms with Crippen LogP contribution in [0.3, 0.4) is 0 Å². The molecule has 0 fully saturated rings. The summed E-state index contributed by atoms with van der Waals surface area (Å²) >= 11 is 5.91. The maximum absolute atomic E-state index is 12.3. The third kappa shape index (κ3) is 7.13. The minimum atomic E-state index is -4.25. The molecule has 1 aromatic carbocycles. The molecule has 21 heavy (non-hydrogen) atoms. The lowest BCUT2D eigenvalue weighted by molar-refractivity contribution is -0.139. The van der Waals surface area contributed by atoms with Crippen LogP contribution in [0.25, 0.3) is 0 Å². The molecule has 0 aliphatic rings. The first-order valence-corrected chi connectivity index (χ1v) is 6.92. The summed E-state index contributed by atoms with van der Waals surface area (Å²) in [6.07, 6.45) is -6.28. The van der Waals surface area contributed by atoms with Crippen molar-refractivity contribution in [2.75, 3.05) is 19.7 Å². The Hall–Kier alpha value is -0.820.